The molecular weight excluding hydrogens is 568 g/mol. The highest BCUT2D eigenvalue weighted by atomic mass is 16.5. The highest BCUT2D eigenvalue weighted by Gasteiger charge is 2.33. The first kappa shape index (κ1) is 33.2. The highest BCUT2D eigenvalue weighted by Crippen LogP contribution is 2.43. The van der Waals surface area contributed by atoms with Crippen molar-refractivity contribution in [1.82, 2.24) is 14.5 Å². The maximum atomic E-state index is 11.8. The lowest BCUT2D eigenvalue weighted by Crippen LogP contribution is -2.47. The van der Waals surface area contributed by atoms with Gasteiger partial charge in [-0.3, -0.25) is 14.7 Å². The molecule has 9 nitrogen and oxygen atoms in total. The average Bonchev–Trinajstić information content (AvgIpc) is 3.85. The van der Waals surface area contributed by atoms with Crippen LogP contribution in [0, 0.1) is 5.41 Å². The molecule has 9 heteroatoms. The van der Waals surface area contributed by atoms with Crippen molar-refractivity contribution in [3.8, 4) is 17.0 Å². The molecule has 1 saturated heterocycles. The number of benzene rings is 1. The van der Waals surface area contributed by atoms with Crippen molar-refractivity contribution < 1.29 is 24.1 Å². The third kappa shape index (κ3) is 7.81. The molecule has 1 aliphatic heterocycles. The lowest BCUT2D eigenvalue weighted by Gasteiger charge is -2.36. The maximum absolute atomic E-state index is 11.8. The Balaban J connectivity index is 1.63. The van der Waals surface area contributed by atoms with Crippen LogP contribution < -0.4 is 9.64 Å². The van der Waals surface area contributed by atoms with Crippen molar-refractivity contribution in [2.75, 3.05) is 58.0 Å². The van der Waals surface area contributed by atoms with Gasteiger partial charge in [0.05, 0.1) is 42.6 Å². The van der Waals surface area contributed by atoms with Crippen molar-refractivity contribution >= 4 is 22.6 Å². The van der Waals surface area contributed by atoms with Crippen LogP contribution in [0.15, 0.2) is 30.5 Å². The standard InChI is InChI=1S/C36H52N4O5/c1-7-40-33-13-12-29(44-19-9-8-18-41)21-30(33)32(22-36(4,5)24-45-26(3)42)35(40)31-20-28(23-37-34(31)25(2)43-6)39-16-14-38(15-17-39)27-10-11-27/h12-13,20-21,23,25,27,41H,7-11,14-19,22,24H2,1-6H3/t25-/m0/s1. The van der Waals surface area contributed by atoms with Crippen LogP contribution in [0.25, 0.3) is 22.2 Å². The van der Waals surface area contributed by atoms with Gasteiger partial charge in [-0.2, -0.15) is 0 Å². The molecule has 0 unspecified atom stereocenters. The lowest BCUT2D eigenvalue weighted by molar-refractivity contribution is -0.143. The summed E-state index contributed by atoms with van der Waals surface area (Å²) < 4.78 is 20.0. The number of aliphatic hydroxyl groups is 1. The van der Waals surface area contributed by atoms with E-state index in [-0.39, 0.29) is 24.1 Å². The molecule has 0 spiro atoms. The maximum Gasteiger partial charge on any atom is 0.302 e. The number of carbonyl (C=O) groups is 1. The van der Waals surface area contributed by atoms with Crippen molar-refractivity contribution in [3.63, 3.8) is 0 Å². The summed E-state index contributed by atoms with van der Waals surface area (Å²) in [6, 6.07) is 9.44. The first-order chi connectivity index (χ1) is 21.7. The minimum atomic E-state index is -0.317. The van der Waals surface area contributed by atoms with E-state index in [9.17, 15) is 9.90 Å². The highest BCUT2D eigenvalue weighted by molar-refractivity contribution is 5.94. The number of rotatable bonds is 15. The fraction of sp³-hybridized carbons (Fsp3) is 0.611. The van der Waals surface area contributed by atoms with E-state index in [1.54, 1.807) is 7.11 Å². The summed E-state index contributed by atoms with van der Waals surface area (Å²) >= 11 is 0. The number of unbranched alkanes of at least 4 members (excludes halogenated alkanes) is 1. The molecule has 3 heterocycles. The molecule has 2 aromatic heterocycles. The summed E-state index contributed by atoms with van der Waals surface area (Å²) in [6.45, 7) is 16.0. The smallest absolute Gasteiger partial charge is 0.302 e. The van der Waals surface area contributed by atoms with Gasteiger partial charge in [0.1, 0.15) is 5.75 Å². The fourth-order valence-corrected chi connectivity index (χ4v) is 6.59. The quantitative estimate of drug-likeness (QED) is 0.164. The largest absolute Gasteiger partial charge is 0.494 e. The minimum absolute atomic E-state index is 0.165. The zero-order valence-electron chi connectivity index (χ0n) is 28.1. The van der Waals surface area contributed by atoms with Gasteiger partial charge < -0.3 is 28.8 Å². The monoisotopic (exact) mass is 620 g/mol. The number of hydrogen-bond donors (Lipinski definition) is 1. The van der Waals surface area contributed by atoms with Crippen molar-refractivity contribution in [1.29, 1.82) is 0 Å². The third-order valence-electron chi connectivity index (χ3n) is 9.24. The molecule has 0 radical (unpaired) electrons. The molecule has 45 heavy (non-hydrogen) atoms. The molecule has 0 amide bonds. The number of hydrogen-bond acceptors (Lipinski definition) is 8. The Morgan fingerprint density at radius 1 is 1.13 bits per heavy atom. The Morgan fingerprint density at radius 2 is 1.89 bits per heavy atom. The van der Waals surface area contributed by atoms with Crippen molar-refractivity contribution in [2.24, 2.45) is 5.41 Å². The fourth-order valence-electron chi connectivity index (χ4n) is 6.59. The van der Waals surface area contributed by atoms with E-state index >= 15 is 0 Å². The molecule has 1 aliphatic carbocycles. The summed E-state index contributed by atoms with van der Waals surface area (Å²) in [7, 11) is 1.74. The van der Waals surface area contributed by atoms with E-state index in [0.29, 0.717) is 26.1 Å². The van der Waals surface area contributed by atoms with Crippen LogP contribution in [-0.4, -0.2) is 84.7 Å². The number of fused-ring (bicyclic) bond motifs is 1. The summed E-state index contributed by atoms with van der Waals surface area (Å²) in [5.74, 6) is 0.540. The van der Waals surface area contributed by atoms with Gasteiger partial charge in [-0.25, -0.2) is 0 Å². The molecule has 246 valence electrons. The molecule has 1 aromatic carbocycles. The van der Waals surface area contributed by atoms with Crippen LogP contribution in [0.3, 0.4) is 0 Å². The van der Waals surface area contributed by atoms with Gasteiger partial charge in [0.2, 0.25) is 0 Å². The second-order valence-corrected chi connectivity index (χ2v) is 13.4. The number of aryl methyl sites for hydroxylation is 1. The van der Waals surface area contributed by atoms with Crippen molar-refractivity contribution in [3.05, 3.63) is 41.7 Å². The van der Waals surface area contributed by atoms with Gasteiger partial charge in [0.15, 0.2) is 0 Å². The number of pyridine rings is 1. The van der Waals surface area contributed by atoms with Gasteiger partial charge >= 0.3 is 5.97 Å². The predicted molar refractivity (Wildman–Crippen MR) is 179 cm³/mol. The summed E-state index contributed by atoms with van der Waals surface area (Å²) in [5.41, 5.74) is 6.26. The number of nitrogens with zero attached hydrogens (tertiary/aromatic N) is 4. The zero-order chi connectivity index (χ0) is 32.1. The molecule has 1 atom stereocenters. The SMILES string of the molecule is CCn1c(-c2cc(N3CCN(C4CC4)CC3)cnc2[C@H](C)OC)c(CC(C)(C)COC(C)=O)c2cc(OCCCCO)ccc21. The Hall–Kier alpha value is -3.14. The predicted octanol–water partition coefficient (Wildman–Crippen LogP) is 6.00. The normalized spacial score (nSPS) is 16.7. The van der Waals surface area contributed by atoms with Gasteiger partial charge in [-0.15, -0.1) is 0 Å². The Kier molecular flexibility index (Phi) is 10.7. The Morgan fingerprint density at radius 3 is 2.53 bits per heavy atom. The molecule has 0 bridgehead atoms. The van der Waals surface area contributed by atoms with Gasteiger partial charge in [-0.05, 0) is 75.8 Å². The number of carbonyl (C=O) groups excluding carboxylic acids is 1. The Labute approximate surface area is 268 Å². The van der Waals surface area contributed by atoms with E-state index in [0.717, 1.165) is 84.5 Å². The van der Waals surface area contributed by atoms with E-state index in [1.807, 2.05) is 12.3 Å². The Bertz CT molecular complexity index is 1460. The van der Waals surface area contributed by atoms with E-state index in [2.05, 4.69) is 60.3 Å². The number of aliphatic hydroxyl groups excluding tert-OH is 1. The first-order valence-electron chi connectivity index (χ1n) is 16.7. The third-order valence-corrected chi connectivity index (χ3v) is 9.24. The summed E-state index contributed by atoms with van der Waals surface area (Å²) in [5, 5.41) is 10.3. The molecule has 1 N–H and O–H groups in total. The van der Waals surface area contributed by atoms with Crippen LogP contribution >= 0.6 is 0 Å². The number of esters is 1. The van der Waals surface area contributed by atoms with Crippen LogP contribution in [0.2, 0.25) is 0 Å². The molecular formula is C36H52N4O5. The van der Waals surface area contributed by atoms with Crippen LogP contribution in [0.4, 0.5) is 5.69 Å². The zero-order valence-corrected chi connectivity index (χ0v) is 28.1. The van der Waals surface area contributed by atoms with Crippen LogP contribution in [-0.2, 0) is 27.2 Å². The molecule has 1 saturated carbocycles. The van der Waals surface area contributed by atoms with Gasteiger partial charge in [0, 0.05) is 81.3 Å². The summed E-state index contributed by atoms with van der Waals surface area (Å²) in [6.07, 6.45) is 6.70. The van der Waals surface area contributed by atoms with Crippen LogP contribution in [0.1, 0.15) is 77.7 Å². The minimum Gasteiger partial charge on any atom is -0.494 e. The van der Waals surface area contributed by atoms with Crippen LogP contribution in [0.5, 0.6) is 5.75 Å². The second kappa shape index (κ2) is 14.5. The molecule has 5 rings (SSSR count). The lowest BCUT2D eigenvalue weighted by atomic mass is 9.84. The van der Waals surface area contributed by atoms with E-state index in [4.69, 9.17) is 19.2 Å². The van der Waals surface area contributed by atoms with E-state index in [1.165, 1.54) is 25.3 Å². The topological polar surface area (TPSA) is 89.3 Å². The van der Waals surface area contributed by atoms with Crippen molar-refractivity contribution in [2.45, 2.75) is 85.4 Å². The number of anilines is 1. The number of ether oxygens (including phenoxy) is 3. The molecule has 2 aliphatic rings. The van der Waals surface area contributed by atoms with Gasteiger partial charge in [0.25, 0.3) is 0 Å². The average molecular weight is 621 g/mol. The molecule has 3 aromatic rings. The summed E-state index contributed by atoms with van der Waals surface area (Å²) in [4.78, 5) is 22.0. The molecule has 2 fully saturated rings. The first-order valence-corrected chi connectivity index (χ1v) is 16.7. The van der Waals surface area contributed by atoms with E-state index < -0.39 is 0 Å². The number of aromatic nitrogens is 2. The number of methoxy groups -OCH3 is 1. The second-order valence-electron chi connectivity index (χ2n) is 13.4. The van der Waals surface area contributed by atoms with Gasteiger partial charge in [-0.1, -0.05) is 13.8 Å². The number of piperazine rings is 1.